The van der Waals surface area contributed by atoms with Gasteiger partial charge in [0.2, 0.25) is 0 Å². The zero-order valence-electron chi connectivity index (χ0n) is 11.3. The summed E-state index contributed by atoms with van der Waals surface area (Å²) in [7, 11) is 0. The Morgan fingerprint density at radius 2 is 2.37 bits per heavy atom. The fourth-order valence-electron chi connectivity index (χ4n) is 2.33. The number of benzene rings is 1. The van der Waals surface area contributed by atoms with Crippen molar-refractivity contribution in [1.29, 1.82) is 0 Å². The van der Waals surface area contributed by atoms with Crippen LogP contribution in [0.1, 0.15) is 25.3 Å². The third-order valence-corrected chi connectivity index (χ3v) is 3.46. The fraction of sp³-hybridized carbons (Fsp3) is 0.533. The van der Waals surface area contributed by atoms with Gasteiger partial charge in [0.25, 0.3) is 5.91 Å². The first-order valence-electron chi connectivity index (χ1n) is 6.83. The summed E-state index contributed by atoms with van der Waals surface area (Å²) >= 11 is 0. The summed E-state index contributed by atoms with van der Waals surface area (Å²) in [6.45, 7) is 2.88. The van der Waals surface area contributed by atoms with E-state index >= 15 is 0 Å². The predicted octanol–water partition coefficient (Wildman–Crippen LogP) is 1.97. The van der Waals surface area contributed by atoms with Gasteiger partial charge in [0.05, 0.1) is 0 Å². The Balaban J connectivity index is 1.96. The SMILES string of the molecule is CC1CCOC1C(=O)Nc1cccc(CCCO)c1. The molecule has 1 aliphatic rings. The molecule has 1 heterocycles. The van der Waals surface area contributed by atoms with Crippen molar-refractivity contribution in [2.75, 3.05) is 18.5 Å². The molecule has 2 rings (SSSR count). The molecule has 4 heteroatoms. The van der Waals surface area contributed by atoms with Crippen molar-refractivity contribution < 1.29 is 14.6 Å². The van der Waals surface area contributed by atoms with Crippen LogP contribution < -0.4 is 5.32 Å². The van der Waals surface area contributed by atoms with E-state index in [9.17, 15) is 4.79 Å². The maximum atomic E-state index is 12.1. The van der Waals surface area contributed by atoms with Crippen LogP contribution in [0.5, 0.6) is 0 Å². The Hall–Kier alpha value is -1.39. The van der Waals surface area contributed by atoms with E-state index < -0.39 is 0 Å². The number of ether oxygens (including phenoxy) is 1. The molecule has 2 unspecified atom stereocenters. The molecule has 4 nitrogen and oxygen atoms in total. The second kappa shape index (κ2) is 6.68. The van der Waals surface area contributed by atoms with Gasteiger partial charge >= 0.3 is 0 Å². The predicted molar refractivity (Wildman–Crippen MR) is 74.0 cm³/mol. The molecule has 0 aromatic heterocycles. The number of hydrogen-bond acceptors (Lipinski definition) is 3. The third kappa shape index (κ3) is 3.78. The molecule has 1 fully saturated rings. The molecule has 0 bridgehead atoms. The molecule has 1 aliphatic heterocycles. The highest BCUT2D eigenvalue weighted by Crippen LogP contribution is 2.22. The number of nitrogens with one attached hydrogen (secondary N) is 1. The summed E-state index contributed by atoms with van der Waals surface area (Å²) in [5.41, 5.74) is 1.91. The van der Waals surface area contributed by atoms with Crippen LogP contribution in [0.15, 0.2) is 24.3 Å². The summed E-state index contributed by atoms with van der Waals surface area (Å²) in [6.07, 6.45) is 2.16. The van der Waals surface area contributed by atoms with Crippen molar-refractivity contribution >= 4 is 11.6 Å². The molecule has 19 heavy (non-hydrogen) atoms. The first-order chi connectivity index (χ1) is 9.20. The molecule has 2 atom stereocenters. The molecular weight excluding hydrogens is 242 g/mol. The summed E-state index contributed by atoms with van der Waals surface area (Å²) in [6, 6.07) is 7.74. The lowest BCUT2D eigenvalue weighted by Crippen LogP contribution is -2.31. The van der Waals surface area contributed by atoms with E-state index in [0.29, 0.717) is 6.61 Å². The van der Waals surface area contributed by atoms with Crippen molar-refractivity contribution in [3.63, 3.8) is 0 Å². The quantitative estimate of drug-likeness (QED) is 0.854. The number of aryl methyl sites for hydroxylation is 1. The Labute approximate surface area is 113 Å². The minimum atomic E-state index is -0.332. The molecule has 0 spiro atoms. The van der Waals surface area contributed by atoms with Crippen LogP contribution in [0.2, 0.25) is 0 Å². The van der Waals surface area contributed by atoms with Gasteiger partial charge in [0.15, 0.2) is 0 Å². The number of amides is 1. The second-order valence-corrected chi connectivity index (χ2v) is 5.07. The van der Waals surface area contributed by atoms with E-state index in [1.54, 1.807) is 0 Å². The van der Waals surface area contributed by atoms with E-state index in [-0.39, 0.29) is 24.5 Å². The van der Waals surface area contributed by atoms with Crippen molar-refractivity contribution in [2.45, 2.75) is 32.3 Å². The number of rotatable bonds is 5. The fourth-order valence-corrected chi connectivity index (χ4v) is 2.33. The van der Waals surface area contributed by atoms with Gasteiger partial charge in [0.1, 0.15) is 6.10 Å². The Kier molecular flexibility index (Phi) is 4.93. The lowest BCUT2D eigenvalue weighted by Gasteiger charge is -2.15. The Morgan fingerprint density at radius 3 is 3.05 bits per heavy atom. The van der Waals surface area contributed by atoms with E-state index in [0.717, 1.165) is 30.5 Å². The number of aliphatic hydroxyl groups excluding tert-OH is 1. The van der Waals surface area contributed by atoms with Gasteiger partial charge in [0, 0.05) is 18.9 Å². The van der Waals surface area contributed by atoms with E-state index in [2.05, 4.69) is 5.32 Å². The van der Waals surface area contributed by atoms with E-state index in [1.165, 1.54) is 0 Å². The normalized spacial score (nSPS) is 22.4. The molecule has 0 radical (unpaired) electrons. The Bertz CT molecular complexity index is 433. The monoisotopic (exact) mass is 263 g/mol. The lowest BCUT2D eigenvalue weighted by molar-refractivity contribution is -0.126. The van der Waals surface area contributed by atoms with E-state index in [4.69, 9.17) is 9.84 Å². The highest BCUT2D eigenvalue weighted by molar-refractivity contribution is 5.94. The molecule has 1 saturated heterocycles. The van der Waals surface area contributed by atoms with Crippen LogP contribution in [0.3, 0.4) is 0 Å². The largest absolute Gasteiger partial charge is 0.396 e. The first kappa shape index (κ1) is 14.0. The average molecular weight is 263 g/mol. The first-order valence-corrected chi connectivity index (χ1v) is 6.83. The minimum Gasteiger partial charge on any atom is -0.396 e. The van der Waals surface area contributed by atoms with Gasteiger partial charge < -0.3 is 15.2 Å². The molecule has 1 aromatic rings. The van der Waals surface area contributed by atoms with Crippen LogP contribution in [0.4, 0.5) is 5.69 Å². The zero-order valence-corrected chi connectivity index (χ0v) is 11.3. The van der Waals surface area contributed by atoms with Crippen LogP contribution in [-0.2, 0) is 16.0 Å². The molecule has 104 valence electrons. The van der Waals surface area contributed by atoms with Crippen molar-refractivity contribution in [2.24, 2.45) is 5.92 Å². The van der Waals surface area contributed by atoms with Gasteiger partial charge in [-0.15, -0.1) is 0 Å². The van der Waals surface area contributed by atoms with Crippen LogP contribution >= 0.6 is 0 Å². The maximum Gasteiger partial charge on any atom is 0.253 e. The highest BCUT2D eigenvalue weighted by Gasteiger charge is 2.30. The molecule has 0 saturated carbocycles. The standard InChI is InChI=1S/C15H21NO3/c1-11-7-9-19-14(11)15(18)16-13-6-2-4-12(10-13)5-3-8-17/h2,4,6,10-11,14,17H,3,5,7-9H2,1H3,(H,16,18). The number of hydrogen-bond donors (Lipinski definition) is 2. The average Bonchev–Trinajstić information content (AvgIpc) is 2.83. The number of carbonyl (C=O) groups excluding carboxylic acids is 1. The maximum absolute atomic E-state index is 12.1. The summed E-state index contributed by atoms with van der Waals surface area (Å²) in [4.78, 5) is 12.1. The van der Waals surface area contributed by atoms with Crippen LogP contribution in [0, 0.1) is 5.92 Å². The number of anilines is 1. The molecule has 2 N–H and O–H groups in total. The molecular formula is C15H21NO3. The third-order valence-electron chi connectivity index (χ3n) is 3.46. The molecule has 0 aliphatic carbocycles. The van der Waals surface area contributed by atoms with Crippen molar-refractivity contribution in [1.82, 2.24) is 0 Å². The van der Waals surface area contributed by atoms with Gasteiger partial charge in [-0.1, -0.05) is 19.1 Å². The zero-order chi connectivity index (χ0) is 13.7. The van der Waals surface area contributed by atoms with Crippen LogP contribution in [-0.4, -0.2) is 30.3 Å². The topological polar surface area (TPSA) is 58.6 Å². The van der Waals surface area contributed by atoms with Crippen molar-refractivity contribution in [3.05, 3.63) is 29.8 Å². The number of carbonyl (C=O) groups is 1. The Morgan fingerprint density at radius 1 is 1.53 bits per heavy atom. The summed E-state index contributed by atoms with van der Waals surface area (Å²) < 4.78 is 5.45. The van der Waals surface area contributed by atoms with Gasteiger partial charge in [-0.05, 0) is 42.9 Å². The summed E-state index contributed by atoms with van der Waals surface area (Å²) in [5.74, 6) is 0.210. The van der Waals surface area contributed by atoms with Gasteiger partial charge in [-0.25, -0.2) is 0 Å². The van der Waals surface area contributed by atoms with Gasteiger partial charge in [-0.2, -0.15) is 0 Å². The highest BCUT2D eigenvalue weighted by atomic mass is 16.5. The molecule has 1 aromatic carbocycles. The second-order valence-electron chi connectivity index (χ2n) is 5.07. The van der Waals surface area contributed by atoms with Crippen molar-refractivity contribution in [3.8, 4) is 0 Å². The lowest BCUT2D eigenvalue weighted by atomic mass is 10.0. The smallest absolute Gasteiger partial charge is 0.253 e. The number of aliphatic hydroxyl groups is 1. The molecule has 1 amide bonds. The minimum absolute atomic E-state index is 0.0655. The summed E-state index contributed by atoms with van der Waals surface area (Å²) in [5, 5.41) is 11.7. The van der Waals surface area contributed by atoms with Gasteiger partial charge in [-0.3, -0.25) is 4.79 Å². The van der Waals surface area contributed by atoms with Crippen LogP contribution in [0.25, 0.3) is 0 Å². The van der Waals surface area contributed by atoms with E-state index in [1.807, 2.05) is 31.2 Å².